The molecule has 8 nitrogen and oxygen atoms in total. The number of nitrogens with one attached hydrogen (secondary N) is 3. The van der Waals surface area contributed by atoms with Crippen LogP contribution in [0.25, 0.3) is 0 Å². The molecule has 0 bridgehead atoms. The molecule has 1 aromatic carbocycles. The van der Waals surface area contributed by atoms with Crippen molar-refractivity contribution in [3.05, 3.63) is 29.8 Å². The Morgan fingerprint density at radius 3 is 2.12 bits per heavy atom. The van der Waals surface area contributed by atoms with Gasteiger partial charge in [-0.3, -0.25) is 25.9 Å². The number of carboxylic acids is 1. The van der Waals surface area contributed by atoms with Crippen molar-refractivity contribution in [3.8, 4) is 0 Å². The van der Waals surface area contributed by atoms with Crippen LogP contribution in [-0.4, -0.2) is 22.9 Å². The van der Waals surface area contributed by atoms with Crippen LogP contribution in [0.5, 0.6) is 0 Å². The van der Waals surface area contributed by atoms with Gasteiger partial charge in [0.05, 0.1) is 11.3 Å². The maximum Gasteiger partial charge on any atom is 0.335 e. The molecule has 0 saturated heterocycles. The van der Waals surface area contributed by atoms with Crippen molar-refractivity contribution in [1.29, 1.82) is 0 Å². The van der Waals surface area contributed by atoms with Crippen LogP contribution in [0.3, 0.4) is 0 Å². The summed E-state index contributed by atoms with van der Waals surface area (Å²) >= 11 is 0. The van der Waals surface area contributed by atoms with E-state index in [9.17, 15) is 14.4 Å². The standard InChI is InChI=1S/C9H10N4O4/c10-11-7(14)8(15)13-12-6-3-1-5(2-4-6)9(16)17/h1-4,12H,10H2,(H,11,14)(H,13,15)(H,16,17). The van der Waals surface area contributed by atoms with Gasteiger partial charge in [-0.15, -0.1) is 0 Å². The van der Waals surface area contributed by atoms with Gasteiger partial charge in [0.1, 0.15) is 0 Å². The quantitative estimate of drug-likeness (QED) is 0.195. The van der Waals surface area contributed by atoms with Crippen molar-refractivity contribution < 1.29 is 19.5 Å². The number of hydrogen-bond acceptors (Lipinski definition) is 5. The summed E-state index contributed by atoms with van der Waals surface area (Å²) in [5, 5.41) is 8.64. The van der Waals surface area contributed by atoms with Crippen molar-refractivity contribution in [2.45, 2.75) is 0 Å². The highest BCUT2D eigenvalue weighted by atomic mass is 16.4. The van der Waals surface area contributed by atoms with Gasteiger partial charge in [0.2, 0.25) is 0 Å². The SMILES string of the molecule is NNC(=O)C(=O)NNc1ccc(C(=O)O)cc1. The van der Waals surface area contributed by atoms with Crippen molar-refractivity contribution in [2.75, 3.05) is 5.43 Å². The number of amides is 2. The number of anilines is 1. The van der Waals surface area contributed by atoms with E-state index in [-0.39, 0.29) is 5.56 Å². The number of hydrazine groups is 2. The predicted molar refractivity (Wildman–Crippen MR) is 57.5 cm³/mol. The third-order valence-corrected chi connectivity index (χ3v) is 1.79. The minimum Gasteiger partial charge on any atom is -0.478 e. The molecule has 2 amide bonds. The second-order valence-electron chi connectivity index (χ2n) is 2.94. The van der Waals surface area contributed by atoms with Gasteiger partial charge in [0, 0.05) is 0 Å². The zero-order valence-electron chi connectivity index (χ0n) is 8.56. The van der Waals surface area contributed by atoms with E-state index in [1.165, 1.54) is 24.3 Å². The van der Waals surface area contributed by atoms with E-state index in [2.05, 4.69) is 10.9 Å². The first kappa shape index (κ1) is 12.5. The second kappa shape index (κ2) is 5.47. The topological polar surface area (TPSA) is 134 Å². The molecule has 0 fully saturated rings. The lowest BCUT2D eigenvalue weighted by Crippen LogP contribution is -2.45. The first-order valence-electron chi connectivity index (χ1n) is 4.45. The van der Waals surface area contributed by atoms with Gasteiger partial charge in [-0.25, -0.2) is 10.6 Å². The summed E-state index contributed by atoms with van der Waals surface area (Å²) < 4.78 is 0. The van der Waals surface area contributed by atoms with E-state index in [1.807, 2.05) is 0 Å². The second-order valence-corrected chi connectivity index (χ2v) is 2.94. The van der Waals surface area contributed by atoms with Crippen LogP contribution >= 0.6 is 0 Å². The molecular formula is C9H10N4O4. The van der Waals surface area contributed by atoms with Gasteiger partial charge >= 0.3 is 17.8 Å². The van der Waals surface area contributed by atoms with Crippen molar-refractivity contribution in [2.24, 2.45) is 5.84 Å². The molecule has 0 aliphatic heterocycles. The van der Waals surface area contributed by atoms with Crippen LogP contribution in [0.4, 0.5) is 5.69 Å². The number of carbonyl (C=O) groups excluding carboxylic acids is 2. The van der Waals surface area contributed by atoms with E-state index in [1.54, 1.807) is 5.43 Å². The average Bonchev–Trinajstić information content (AvgIpc) is 2.35. The van der Waals surface area contributed by atoms with Crippen LogP contribution < -0.4 is 22.1 Å². The molecule has 8 heteroatoms. The van der Waals surface area contributed by atoms with Crippen LogP contribution in [0.15, 0.2) is 24.3 Å². The largest absolute Gasteiger partial charge is 0.478 e. The molecule has 6 N–H and O–H groups in total. The molecule has 90 valence electrons. The molecule has 1 rings (SSSR count). The van der Waals surface area contributed by atoms with Crippen LogP contribution in [0.1, 0.15) is 10.4 Å². The highest BCUT2D eigenvalue weighted by molar-refractivity contribution is 6.35. The van der Waals surface area contributed by atoms with Gasteiger partial charge < -0.3 is 5.11 Å². The molecule has 0 spiro atoms. The van der Waals surface area contributed by atoms with E-state index >= 15 is 0 Å². The summed E-state index contributed by atoms with van der Waals surface area (Å²) in [5.74, 6) is 1.73. The Balaban J connectivity index is 2.56. The first-order chi connectivity index (χ1) is 8.04. The van der Waals surface area contributed by atoms with Crippen LogP contribution in [0.2, 0.25) is 0 Å². The van der Waals surface area contributed by atoms with E-state index in [0.717, 1.165) is 0 Å². The van der Waals surface area contributed by atoms with Crippen molar-refractivity contribution in [1.82, 2.24) is 10.9 Å². The third-order valence-electron chi connectivity index (χ3n) is 1.79. The summed E-state index contributed by atoms with van der Waals surface area (Å²) in [6, 6.07) is 5.56. The van der Waals surface area contributed by atoms with E-state index in [4.69, 9.17) is 10.9 Å². The lowest BCUT2D eigenvalue weighted by molar-refractivity contribution is -0.138. The summed E-state index contributed by atoms with van der Waals surface area (Å²) in [7, 11) is 0. The molecule has 0 aliphatic rings. The number of aromatic carboxylic acids is 1. The van der Waals surface area contributed by atoms with Gasteiger partial charge in [-0.2, -0.15) is 0 Å². The molecule has 0 aromatic heterocycles. The number of rotatable bonds is 3. The average molecular weight is 238 g/mol. The molecule has 0 unspecified atom stereocenters. The lowest BCUT2D eigenvalue weighted by atomic mass is 10.2. The Labute approximate surface area is 95.7 Å². The normalized spacial score (nSPS) is 9.24. The van der Waals surface area contributed by atoms with E-state index in [0.29, 0.717) is 5.69 Å². The summed E-state index contributed by atoms with van der Waals surface area (Å²) in [6.45, 7) is 0. The fourth-order valence-corrected chi connectivity index (χ4v) is 0.947. The molecule has 0 heterocycles. The minimum atomic E-state index is -1.05. The Hall–Kier alpha value is -2.61. The maximum absolute atomic E-state index is 11.0. The number of benzene rings is 1. The number of carboxylic acid groups (broad SMARTS) is 1. The fourth-order valence-electron chi connectivity index (χ4n) is 0.947. The van der Waals surface area contributed by atoms with Crippen LogP contribution in [0, 0.1) is 0 Å². The summed E-state index contributed by atoms with van der Waals surface area (Å²) in [4.78, 5) is 32.2. The Kier molecular flexibility index (Phi) is 4.01. The fraction of sp³-hybridized carbons (Fsp3) is 0. The number of carbonyl (C=O) groups is 3. The zero-order chi connectivity index (χ0) is 12.8. The molecule has 0 saturated carbocycles. The summed E-state index contributed by atoms with van der Waals surface area (Å²) in [6.07, 6.45) is 0. The van der Waals surface area contributed by atoms with Crippen LogP contribution in [-0.2, 0) is 9.59 Å². The molecule has 0 atom stereocenters. The number of nitrogens with two attached hydrogens (primary N) is 1. The smallest absolute Gasteiger partial charge is 0.335 e. The first-order valence-corrected chi connectivity index (χ1v) is 4.45. The maximum atomic E-state index is 11.0. The monoisotopic (exact) mass is 238 g/mol. The predicted octanol–water partition coefficient (Wildman–Crippen LogP) is -1.18. The molecule has 0 radical (unpaired) electrons. The summed E-state index contributed by atoms with van der Waals surface area (Å²) in [5.41, 5.74) is 6.68. The Bertz CT molecular complexity index is 443. The molecule has 17 heavy (non-hydrogen) atoms. The van der Waals surface area contributed by atoms with Crippen molar-refractivity contribution in [3.63, 3.8) is 0 Å². The van der Waals surface area contributed by atoms with Gasteiger partial charge in [-0.1, -0.05) is 0 Å². The van der Waals surface area contributed by atoms with E-state index < -0.39 is 17.8 Å². The molecular weight excluding hydrogens is 228 g/mol. The highest BCUT2D eigenvalue weighted by Crippen LogP contribution is 2.07. The third kappa shape index (κ3) is 3.47. The highest BCUT2D eigenvalue weighted by Gasteiger charge is 2.10. The molecule has 1 aromatic rings. The number of hydrogen-bond donors (Lipinski definition) is 5. The van der Waals surface area contributed by atoms with Gasteiger partial charge in [0.25, 0.3) is 0 Å². The molecule has 0 aliphatic carbocycles. The van der Waals surface area contributed by atoms with Crippen molar-refractivity contribution >= 4 is 23.5 Å². The van der Waals surface area contributed by atoms with Gasteiger partial charge in [0.15, 0.2) is 0 Å². The Morgan fingerprint density at radius 2 is 1.65 bits per heavy atom. The Morgan fingerprint density at radius 1 is 1.06 bits per heavy atom. The zero-order valence-corrected chi connectivity index (χ0v) is 8.56. The minimum absolute atomic E-state index is 0.113. The lowest BCUT2D eigenvalue weighted by Gasteiger charge is -2.07. The van der Waals surface area contributed by atoms with Gasteiger partial charge in [-0.05, 0) is 24.3 Å².